The fourth-order valence-electron chi connectivity index (χ4n) is 1.65. The summed E-state index contributed by atoms with van der Waals surface area (Å²) < 4.78 is 1.57. The van der Waals surface area contributed by atoms with Gasteiger partial charge in [0, 0.05) is 0 Å². The molecule has 0 bridgehead atoms. The van der Waals surface area contributed by atoms with Gasteiger partial charge in [0.05, 0.1) is 21.8 Å². The molecule has 20 heavy (non-hydrogen) atoms. The van der Waals surface area contributed by atoms with Gasteiger partial charge in [-0.05, 0) is 41.9 Å². The Kier molecular flexibility index (Phi) is 5.70. The minimum absolute atomic E-state index is 0. The number of carbonyl (C=O) groups excluding carboxylic acids is 1. The molecule has 98 valence electrons. The molecule has 7 heteroatoms. The van der Waals surface area contributed by atoms with Gasteiger partial charge in [-0.2, -0.15) is 5.10 Å². The predicted molar refractivity (Wildman–Crippen MR) is 71.3 cm³/mol. The second-order valence-corrected chi connectivity index (χ2v) is 4.90. The Hall–Kier alpha value is -0.950. The maximum absolute atomic E-state index is 11.7. The van der Waals surface area contributed by atoms with Gasteiger partial charge in [0.1, 0.15) is 0 Å². The number of hydrogen-bond acceptors (Lipinski definition) is 4. The van der Waals surface area contributed by atoms with Crippen LogP contribution < -0.4 is 40.1 Å². The SMILES string of the molecule is Cc1ccc(-n2nc(C(=O)[O-])c(=O)c(Br)c2C)cc1.[Na+]. The van der Waals surface area contributed by atoms with Crippen molar-refractivity contribution in [2.45, 2.75) is 13.8 Å². The molecule has 0 atom stereocenters. The molecule has 0 N–H and O–H groups in total. The van der Waals surface area contributed by atoms with Crippen LogP contribution in [0.2, 0.25) is 0 Å². The van der Waals surface area contributed by atoms with Crippen molar-refractivity contribution in [1.29, 1.82) is 0 Å². The number of hydrogen-bond donors (Lipinski definition) is 0. The number of rotatable bonds is 2. The number of aryl methyl sites for hydroxylation is 1. The van der Waals surface area contributed by atoms with E-state index in [4.69, 9.17) is 0 Å². The predicted octanol–water partition coefficient (Wildman–Crippen LogP) is -2.02. The molecule has 0 amide bonds. The summed E-state index contributed by atoms with van der Waals surface area (Å²) >= 11 is 3.10. The zero-order valence-corrected chi connectivity index (χ0v) is 14.9. The zero-order valence-electron chi connectivity index (χ0n) is 11.3. The maximum atomic E-state index is 11.7. The van der Waals surface area contributed by atoms with E-state index in [0.717, 1.165) is 5.56 Å². The van der Waals surface area contributed by atoms with Gasteiger partial charge in [-0.1, -0.05) is 17.7 Å². The number of benzene rings is 1. The Balaban J connectivity index is 0.00000200. The van der Waals surface area contributed by atoms with Crippen LogP contribution in [-0.4, -0.2) is 15.7 Å². The Morgan fingerprint density at radius 3 is 2.30 bits per heavy atom. The van der Waals surface area contributed by atoms with E-state index in [0.29, 0.717) is 11.4 Å². The average molecular weight is 345 g/mol. The van der Waals surface area contributed by atoms with Crippen LogP contribution in [0.15, 0.2) is 33.5 Å². The third kappa shape index (κ3) is 3.20. The Bertz CT molecular complexity index is 711. The summed E-state index contributed by atoms with van der Waals surface area (Å²) in [6.45, 7) is 3.62. The van der Waals surface area contributed by atoms with Gasteiger partial charge in [-0.15, -0.1) is 0 Å². The van der Waals surface area contributed by atoms with Crippen molar-refractivity contribution in [3.8, 4) is 5.69 Å². The number of carboxylic acid groups (broad SMARTS) is 1. The summed E-state index contributed by atoms with van der Waals surface area (Å²) in [4.78, 5) is 22.6. The first-order valence-corrected chi connectivity index (χ1v) is 6.29. The first-order chi connectivity index (χ1) is 8.91. The van der Waals surface area contributed by atoms with E-state index in [9.17, 15) is 14.7 Å². The quantitative estimate of drug-likeness (QED) is 0.589. The van der Waals surface area contributed by atoms with Crippen molar-refractivity contribution in [1.82, 2.24) is 9.78 Å². The van der Waals surface area contributed by atoms with E-state index in [1.807, 2.05) is 19.1 Å². The van der Waals surface area contributed by atoms with E-state index >= 15 is 0 Å². The molecule has 0 fully saturated rings. The van der Waals surface area contributed by atoms with Crippen molar-refractivity contribution in [2.75, 3.05) is 0 Å². The normalized spacial score (nSPS) is 9.95. The number of aromatic carboxylic acids is 1. The monoisotopic (exact) mass is 344 g/mol. The molecule has 0 aliphatic rings. The van der Waals surface area contributed by atoms with Crippen LogP contribution in [-0.2, 0) is 0 Å². The van der Waals surface area contributed by atoms with Crippen molar-refractivity contribution in [3.63, 3.8) is 0 Å². The van der Waals surface area contributed by atoms with E-state index in [-0.39, 0.29) is 34.0 Å². The van der Waals surface area contributed by atoms with Crippen molar-refractivity contribution in [2.24, 2.45) is 0 Å². The van der Waals surface area contributed by atoms with Gasteiger partial charge in [0.2, 0.25) is 5.43 Å². The van der Waals surface area contributed by atoms with Gasteiger partial charge in [0.15, 0.2) is 5.69 Å². The summed E-state index contributed by atoms with van der Waals surface area (Å²) in [5, 5.41) is 14.8. The number of halogens is 1. The molecular formula is C13H10BrN2NaO3. The number of carboxylic acids is 1. The van der Waals surface area contributed by atoms with E-state index in [1.54, 1.807) is 19.1 Å². The molecule has 1 aromatic heterocycles. The molecule has 2 aromatic rings. The summed E-state index contributed by atoms with van der Waals surface area (Å²) in [6.07, 6.45) is 0. The van der Waals surface area contributed by atoms with Crippen molar-refractivity contribution >= 4 is 21.9 Å². The molecule has 0 unspecified atom stereocenters. The van der Waals surface area contributed by atoms with Crippen LogP contribution in [0.1, 0.15) is 21.7 Å². The molecular weight excluding hydrogens is 335 g/mol. The fraction of sp³-hybridized carbons (Fsp3) is 0.154. The van der Waals surface area contributed by atoms with Crippen LogP contribution in [0.5, 0.6) is 0 Å². The Morgan fingerprint density at radius 2 is 1.80 bits per heavy atom. The Morgan fingerprint density at radius 1 is 1.25 bits per heavy atom. The second kappa shape index (κ2) is 6.67. The number of nitrogens with zero attached hydrogens (tertiary/aromatic N) is 2. The standard InChI is InChI=1S/C13H11BrN2O3.Na/c1-7-3-5-9(6-4-7)16-8(2)10(14)12(17)11(15-16)13(18)19;/h3-6H,1-2H3,(H,18,19);/q;+1/p-1. The zero-order chi connectivity index (χ0) is 14.2. The minimum Gasteiger partial charge on any atom is -0.543 e. The number of aromatic nitrogens is 2. The summed E-state index contributed by atoms with van der Waals surface area (Å²) in [7, 11) is 0. The molecule has 0 saturated heterocycles. The summed E-state index contributed by atoms with van der Waals surface area (Å²) in [5.74, 6) is -1.59. The fourth-order valence-corrected chi connectivity index (χ4v) is 2.01. The molecule has 0 aliphatic heterocycles. The van der Waals surface area contributed by atoms with E-state index < -0.39 is 17.1 Å². The topological polar surface area (TPSA) is 75.0 Å². The molecule has 0 spiro atoms. The molecule has 1 aromatic carbocycles. The minimum atomic E-state index is -1.59. The molecule has 0 saturated carbocycles. The molecule has 2 rings (SSSR count). The third-order valence-corrected chi connectivity index (χ3v) is 3.66. The maximum Gasteiger partial charge on any atom is 1.00 e. The number of carbonyl (C=O) groups is 1. The molecule has 5 nitrogen and oxygen atoms in total. The molecule has 0 aliphatic carbocycles. The van der Waals surface area contributed by atoms with Gasteiger partial charge in [-0.25, -0.2) is 4.68 Å². The van der Waals surface area contributed by atoms with E-state index in [2.05, 4.69) is 21.0 Å². The third-order valence-electron chi connectivity index (χ3n) is 2.72. The average Bonchev–Trinajstić information content (AvgIpc) is 2.37. The first kappa shape index (κ1) is 17.1. The van der Waals surface area contributed by atoms with Crippen LogP contribution in [0, 0.1) is 13.8 Å². The largest absolute Gasteiger partial charge is 1.00 e. The molecule has 0 radical (unpaired) electrons. The Labute approximate surface area is 146 Å². The van der Waals surface area contributed by atoms with Crippen molar-refractivity contribution < 1.29 is 39.5 Å². The van der Waals surface area contributed by atoms with Crippen molar-refractivity contribution in [3.05, 3.63) is 55.9 Å². The van der Waals surface area contributed by atoms with E-state index in [1.165, 1.54) is 4.68 Å². The van der Waals surface area contributed by atoms with Crippen LogP contribution >= 0.6 is 15.9 Å². The van der Waals surface area contributed by atoms with Crippen LogP contribution in [0.4, 0.5) is 0 Å². The molecule has 1 heterocycles. The second-order valence-electron chi connectivity index (χ2n) is 4.11. The first-order valence-electron chi connectivity index (χ1n) is 5.49. The van der Waals surface area contributed by atoms with Gasteiger partial charge in [0.25, 0.3) is 0 Å². The summed E-state index contributed by atoms with van der Waals surface area (Å²) in [6, 6.07) is 7.35. The van der Waals surface area contributed by atoms with Crippen LogP contribution in [0.25, 0.3) is 5.69 Å². The van der Waals surface area contributed by atoms with Gasteiger partial charge >= 0.3 is 29.6 Å². The summed E-state index contributed by atoms with van der Waals surface area (Å²) in [5.41, 5.74) is 0.978. The smallest absolute Gasteiger partial charge is 0.543 e. The van der Waals surface area contributed by atoms with Gasteiger partial charge < -0.3 is 9.90 Å². The van der Waals surface area contributed by atoms with Gasteiger partial charge in [-0.3, -0.25) is 4.79 Å². The van der Waals surface area contributed by atoms with Crippen LogP contribution in [0.3, 0.4) is 0 Å².